The fourth-order valence-electron chi connectivity index (χ4n) is 3.36. The number of hydrogen-bond donors (Lipinski definition) is 3. The van der Waals surface area contributed by atoms with Crippen molar-refractivity contribution in [2.45, 2.75) is 43.9 Å². The normalized spacial score (nSPS) is 20.2. The first kappa shape index (κ1) is 25.7. The van der Waals surface area contributed by atoms with Crippen molar-refractivity contribution in [3.8, 4) is 5.75 Å². The first-order valence-corrected chi connectivity index (χ1v) is 11.2. The van der Waals surface area contributed by atoms with Crippen LogP contribution < -0.4 is 20.7 Å². The van der Waals surface area contributed by atoms with Gasteiger partial charge in [0.25, 0.3) is 5.91 Å². The van der Waals surface area contributed by atoms with Crippen molar-refractivity contribution in [3.05, 3.63) is 29.8 Å². The highest BCUT2D eigenvalue weighted by Crippen LogP contribution is 2.22. The number of carbonyl (C=O) groups excluding carboxylic acids is 1. The van der Waals surface area contributed by atoms with E-state index >= 15 is 0 Å². The van der Waals surface area contributed by atoms with Crippen molar-refractivity contribution < 1.29 is 13.7 Å². The molecule has 0 heterocycles. The van der Waals surface area contributed by atoms with Crippen LogP contribution in [0.15, 0.2) is 29.3 Å². The predicted molar refractivity (Wildman–Crippen MR) is 130 cm³/mol. The lowest BCUT2D eigenvalue weighted by atomic mass is 9.95. The van der Waals surface area contributed by atoms with Crippen molar-refractivity contribution in [1.82, 2.24) is 16.0 Å². The minimum Gasteiger partial charge on any atom is -0.497 e. The van der Waals surface area contributed by atoms with Gasteiger partial charge < -0.3 is 20.7 Å². The lowest BCUT2D eigenvalue weighted by molar-refractivity contribution is 0.0954. The Morgan fingerprint density at radius 3 is 2.72 bits per heavy atom. The summed E-state index contributed by atoms with van der Waals surface area (Å²) in [7, 11) is 2.57. The van der Waals surface area contributed by atoms with Crippen molar-refractivity contribution in [1.29, 1.82) is 0 Å². The summed E-state index contributed by atoms with van der Waals surface area (Å²) in [6.45, 7) is 3.02. The van der Waals surface area contributed by atoms with E-state index in [0.717, 1.165) is 31.4 Å². The summed E-state index contributed by atoms with van der Waals surface area (Å²) in [5, 5.41) is 9.81. The summed E-state index contributed by atoms with van der Waals surface area (Å²) in [4.78, 5) is 16.5. The first-order valence-electron chi connectivity index (χ1n) is 9.84. The molecule has 1 amide bonds. The Bertz CT molecular complexity index is 702. The zero-order valence-electron chi connectivity index (χ0n) is 17.4. The molecule has 9 heteroatoms. The molecule has 0 spiro atoms. The monoisotopic (exact) mass is 536 g/mol. The quantitative estimate of drug-likeness (QED) is 0.205. The third-order valence-electron chi connectivity index (χ3n) is 4.88. The van der Waals surface area contributed by atoms with E-state index in [0.29, 0.717) is 30.4 Å². The summed E-state index contributed by atoms with van der Waals surface area (Å²) in [5.74, 6) is 1.95. The largest absolute Gasteiger partial charge is 0.497 e. The number of aliphatic imine (C=N–C) groups is 1. The number of carbonyl (C=O) groups is 1. The molecular weight excluding hydrogens is 503 g/mol. The van der Waals surface area contributed by atoms with Gasteiger partial charge in [0.1, 0.15) is 5.75 Å². The molecule has 1 aromatic carbocycles. The van der Waals surface area contributed by atoms with E-state index in [4.69, 9.17) is 4.74 Å². The van der Waals surface area contributed by atoms with Crippen LogP contribution in [0.3, 0.4) is 0 Å². The minimum absolute atomic E-state index is 0. The van der Waals surface area contributed by atoms with Crippen LogP contribution >= 0.6 is 24.0 Å². The van der Waals surface area contributed by atoms with E-state index in [1.54, 1.807) is 38.4 Å². The van der Waals surface area contributed by atoms with Crippen molar-refractivity contribution in [2.24, 2.45) is 4.99 Å². The van der Waals surface area contributed by atoms with Gasteiger partial charge in [-0.05, 0) is 37.5 Å². The second-order valence-corrected chi connectivity index (χ2v) is 8.79. The Morgan fingerprint density at radius 2 is 2.03 bits per heavy atom. The average molecular weight is 536 g/mol. The van der Waals surface area contributed by atoms with Crippen LogP contribution in [0.2, 0.25) is 0 Å². The number of guanidine groups is 1. The van der Waals surface area contributed by atoms with Crippen molar-refractivity contribution in [3.63, 3.8) is 0 Å². The SMILES string of the molecule is CCS(=O)C1CCCC(NC(=NC)NCCNC(=O)c2cccc(OC)c2)C1.I. The maximum Gasteiger partial charge on any atom is 0.251 e. The standard InChI is InChI=1S/C20H32N4O3S.HI/c1-4-28(26)18-10-6-8-16(14-18)24-20(21-2)23-12-11-22-19(25)15-7-5-9-17(13-15)27-3;/h5,7,9,13,16,18H,4,6,8,10-12,14H2,1-3H3,(H,22,25)(H2,21,23,24);1H. The number of methoxy groups -OCH3 is 1. The van der Waals surface area contributed by atoms with Gasteiger partial charge in [-0.3, -0.25) is 14.0 Å². The summed E-state index contributed by atoms with van der Waals surface area (Å²) in [6.07, 6.45) is 4.10. The zero-order chi connectivity index (χ0) is 20.4. The molecule has 29 heavy (non-hydrogen) atoms. The van der Waals surface area contributed by atoms with Gasteiger partial charge in [-0.2, -0.15) is 0 Å². The molecule has 1 saturated carbocycles. The van der Waals surface area contributed by atoms with Gasteiger partial charge in [-0.1, -0.05) is 19.4 Å². The highest BCUT2D eigenvalue weighted by molar-refractivity contribution is 14.0. The van der Waals surface area contributed by atoms with Crippen LogP contribution in [0, 0.1) is 0 Å². The topological polar surface area (TPSA) is 91.8 Å². The van der Waals surface area contributed by atoms with E-state index in [9.17, 15) is 9.00 Å². The second-order valence-electron chi connectivity index (χ2n) is 6.79. The molecule has 0 aromatic heterocycles. The number of ether oxygens (including phenoxy) is 1. The Balaban J connectivity index is 0.00000420. The van der Waals surface area contributed by atoms with Crippen LogP contribution in [0.4, 0.5) is 0 Å². The Labute approximate surface area is 193 Å². The van der Waals surface area contributed by atoms with E-state index in [-0.39, 0.29) is 41.2 Å². The van der Waals surface area contributed by atoms with Crippen molar-refractivity contribution in [2.75, 3.05) is 33.0 Å². The van der Waals surface area contributed by atoms with E-state index < -0.39 is 10.8 Å². The molecule has 0 saturated heterocycles. The molecule has 3 unspecified atom stereocenters. The van der Waals surface area contributed by atoms with Crippen molar-refractivity contribution >= 4 is 46.6 Å². The maximum atomic E-state index is 12.2. The Hall–Kier alpha value is -1.36. The predicted octanol–water partition coefficient (Wildman–Crippen LogP) is 2.29. The molecule has 0 bridgehead atoms. The molecule has 0 radical (unpaired) electrons. The fraction of sp³-hybridized carbons (Fsp3) is 0.600. The summed E-state index contributed by atoms with van der Waals surface area (Å²) < 4.78 is 17.2. The molecule has 0 aliphatic heterocycles. The number of rotatable bonds is 8. The lowest BCUT2D eigenvalue weighted by Crippen LogP contribution is -2.48. The summed E-state index contributed by atoms with van der Waals surface area (Å²) >= 11 is 0. The summed E-state index contributed by atoms with van der Waals surface area (Å²) in [5.41, 5.74) is 0.569. The number of hydrogen-bond acceptors (Lipinski definition) is 4. The van der Waals surface area contributed by atoms with E-state index in [1.807, 2.05) is 6.92 Å². The molecule has 7 nitrogen and oxygen atoms in total. The molecule has 2 rings (SSSR count). The van der Waals surface area contributed by atoms with Gasteiger partial charge in [0.15, 0.2) is 5.96 Å². The van der Waals surface area contributed by atoms with Crippen LogP contribution in [-0.4, -0.2) is 60.4 Å². The number of amides is 1. The Kier molecular flexibility index (Phi) is 12.2. The molecule has 1 aliphatic rings. The Morgan fingerprint density at radius 1 is 1.28 bits per heavy atom. The fourth-order valence-corrected chi connectivity index (χ4v) is 4.71. The highest BCUT2D eigenvalue weighted by atomic mass is 127. The van der Waals surface area contributed by atoms with Gasteiger partial charge in [0, 0.05) is 53.5 Å². The number of nitrogens with one attached hydrogen (secondary N) is 3. The molecule has 1 fully saturated rings. The average Bonchev–Trinajstić information content (AvgIpc) is 2.75. The molecule has 1 aliphatic carbocycles. The number of benzene rings is 1. The second kappa shape index (κ2) is 13.8. The van der Waals surface area contributed by atoms with Crippen LogP contribution in [0.25, 0.3) is 0 Å². The number of nitrogens with zero attached hydrogens (tertiary/aromatic N) is 1. The molecule has 1 aromatic rings. The lowest BCUT2D eigenvalue weighted by Gasteiger charge is -2.30. The van der Waals surface area contributed by atoms with Gasteiger partial charge in [-0.15, -0.1) is 24.0 Å². The van der Waals surface area contributed by atoms with Gasteiger partial charge >= 0.3 is 0 Å². The van der Waals surface area contributed by atoms with E-state index in [2.05, 4.69) is 20.9 Å². The molecule has 3 atom stereocenters. The molecular formula is C20H33IN4O3S. The summed E-state index contributed by atoms with van der Waals surface area (Å²) in [6, 6.07) is 7.35. The third-order valence-corrected chi connectivity index (χ3v) is 6.62. The van der Waals surface area contributed by atoms with Gasteiger partial charge in [0.05, 0.1) is 7.11 Å². The first-order chi connectivity index (χ1) is 13.6. The number of halogens is 1. The third kappa shape index (κ3) is 8.49. The zero-order valence-corrected chi connectivity index (χ0v) is 20.5. The van der Waals surface area contributed by atoms with Gasteiger partial charge in [-0.25, -0.2) is 0 Å². The maximum absolute atomic E-state index is 12.2. The van der Waals surface area contributed by atoms with Crippen LogP contribution in [0.5, 0.6) is 5.75 Å². The van der Waals surface area contributed by atoms with E-state index in [1.165, 1.54) is 0 Å². The smallest absolute Gasteiger partial charge is 0.251 e. The van der Waals surface area contributed by atoms with Gasteiger partial charge in [0.2, 0.25) is 0 Å². The minimum atomic E-state index is -0.740. The molecule has 164 valence electrons. The highest BCUT2D eigenvalue weighted by Gasteiger charge is 2.25. The van der Waals surface area contributed by atoms with Crippen LogP contribution in [0.1, 0.15) is 43.0 Å². The molecule has 3 N–H and O–H groups in total. The van der Waals surface area contributed by atoms with Crippen LogP contribution in [-0.2, 0) is 10.8 Å².